The summed E-state index contributed by atoms with van der Waals surface area (Å²) >= 11 is 5.91. The SMILES string of the molecule is COc1cc(C(=O)c2ccc(F)cc2C)ccc1Cl. The minimum atomic E-state index is -0.359. The Hall–Kier alpha value is -1.87. The molecule has 2 aromatic rings. The minimum Gasteiger partial charge on any atom is -0.495 e. The first-order valence-corrected chi connectivity index (χ1v) is 6.05. The summed E-state index contributed by atoms with van der Waals surface area (Å²) in [6.07, 6.45) is 0. The first-order valence-electron chi connectivity index (χ1n) is 5.67. The third-order valence-corrected chi connectivity index (χ3v) is 3.16. The van der Waals surface area contributed by atoms with E-state index in [0.29, 0.717) is 27.5 Å². The van der Waals surface area contributed by atoms with Gasteiger partial charge in [0.15, 0.2) is 5.78 Å². The highest BCUT2D eigenvalue weighted by Gasteiger charge is 2.14. The summed E-state index contributed by atoms with van der Waals surface area (Å²) in [6.45, 7) is 1.70. The minimum absolute atomic E-state index is 0.188. The van der Waals surface area contributed by atoms with Gasteiger partial charge in [-0.05, 0) is 48.9 Å². The lowest BCUT2D eigenvalue weighted by atomic mass is 9.99. The molecular formula is C15H12ClFO2. The van der Waals surface area contributed by atoms with Gasteiger partial charge in [0.25, 0.3) is 0 Å². The molecule has 0 aliphatic carbocycles. The van der Waals surface area contributed by atoms with E-state index >= 15 is 0 Å². The van der Waals surface area contributed by atoms with Crippen LogP contribution in [0.2, 0.25) is 5.02 Å². The Balaban J connectivity index is 2.44. The summed E-state index contributed by atoms with van der Waals surface area (Å²) < 4.78 is 18.1. The van der Waals surface area contributed by atoms with Crippen LogP contribution in [0.4, 0.5) is 4.39 Å². The Morgan fingerprint density at radius 3 is 2.58 bits per heavy atom. The van der Waals surface area contributed by atoms with Crippen LogP contribution in [0.5, 0.6) is 5.75 Å². The molecule has 0 unspecified atom stereocenters. The molecule has 0 aromatic heterocycles. The van der Waals surface area contributed by atoms with Crippen molar-refractivity contribution in [2.24, 2.45) is 0 Å². The van der Waals surface area contributed by atoms with Crippen molar-refractivity contribution in [2.45, 2.75) is 6.92 Å². The maximum Gasteiger partial charge on any atom is 0.193 e. The molecule has 19 heavy (non-hydrogen) atoms. The predicted octanol–water partition coefficient (Wildman–Crippen LogP) is 4.03. The largest absolute Gasteiger partial charge is 0.495 e. The molecule has 98 valence electrons. The highest BCUT2D eigenvalue weighted by molar-refractivity contribution is 6.32. The molecule has 0 spiro atoms. The average molecular weight is 279 g/mol. The zero-order valence-electron chi connectivity index (χ0n) is 10.5. The standard InChI is InChI=1S/C15H12ClFO2/c1-9-7-11(17)4-5-12(9)15(18)10-3-6-13(16)14(8-10)19-2/h3-8H,1-2H3. The van der Waals surface area contributed by atoms with Gasteiger partial charge < -0.3 is 4.74 Å². The van der Waals surface area contributed by atoms with E-state index in [-0.39, 0.29) is 11.6 Å². The molecule has 0 bridgehead atoms. The van der Waals surface area contributed by atoms with Gasteiger partial charge in [-0.15, -0.1) is 0 Å². The van der Waals surface area contributed by atoms with Gasteiger partial charge in [0, 0.05) is 11.1 Å². The highest BCUT2D eigenvalue weighted by Crippen LogP contribution is 2.26. The summed E-state index contributed by atoms with van der Waals surface area (Å²) in [6, 6.07) is 8.89. The monoisotopic (exact) mass is 278 g/mol. The zero-order valence-corrected chi connectivity index (χ0v) is 11.3. The van der Waals surface area contributed by atoms with E-state index in [1.54, 1.807) is 25.1 Å². The van der Waals surface area contributed by atoms with Crippen LogP contribution in [0.3, 0.4) is 0 Å². The van der Waals surface area contributed by atoms with E-state index in [2.05, 4.69) is 0 Å². The van der Waals surface area contributed by atoms with Crippen LogP contribution >= 0.6 is 11.6 Å². The Labute approximate surface area is 115 Å². The molecule has 0 amide bonds. The van der Waals surface area contributed by atoms with Crippen molar-refractivity contribution in [3.8, 4) is 5.75 Å². The fourth-order valence-electron chi connectivity index (χ4n) is 1.84. The lowest BCUT2D eigenvalue weighted by Gasteiger charge is -2.08. The number of halogens is 2. The van der Waals surface area contributed by atoms with Crippen molar-refractivity contribution in [3.05, 3.63) is 63.9 Å². The van der Waals surface area contributed by atoms with Crippen molar-refractivity contribution in [2.75, 3.05) is 7.11 Å². The molecule has 0 atom stereocenters. The lowest BCUT2D eigenvalue weighted by Crippen LogP contribution is -2.04. The highest BCUT2D eigenvalue weighted by atomic mass is 35.5. The summed E-state index contributed by atoms with van der Waals surface area (Å²) in [5.74, 6) is -0.109. The van der Waals surface area contributed by atoms with E-state index < -0.39 is 0 Å². The molecule has 0 saturated heterocycles. The quantitative estimate of drug-likeness (QED) is 0.793. The normalized spacial score (nSPS) is 10.3. The molecule has 0 fully saturated rings. The molecular weight excluding hydrogens is 267 g/mol. The molecule has 0 N–H and O–H groups in total. The average Bonchev–Trinajstić information content (AvgIpc) is 2.38. The van der Waals surface area contributed by atoms with Crippen LogP contribution in [-0.4, -0.2) is 12.9 Å². The second-order valence-electron chi connectivity index (χ2n) is 4.14. The Bertz CT molecular complexity index is 638. The number of ether oxygens (including phenoxy) is 1. The summed E-state index contributed by atoms with van der Waals surface area (Å²) in [5.41, 5.74) is 1.51. The van der Waals surface area contributed by atoms with Crippen LogP contribution < -0.4 is 4.74 Å². The van der Waals surface area contributed by atoms with Crippen molar-refractivity contribution >= 4 is 17.4 Å². The van der Waals surface area contributed by atoms with Crippen molar-refractivity contribution in [3.63, 3.8) is 0 Å². The van der Waals surface area contributed by atoms with Gasteiger partial charge in [-0.1, -0.05) is 11.6 Å². The molecule has 0 heterocycles. The number of benzene rings is 2. The van der Waals surface area contributed by atoms with E-state index in [1.165, 1.54) is 25.3 Å². The molecule has 0 radical (unpaired) electrons. The smallest absolute Gasteiger partial charge is 0.193 e. The Morgan fingerprint density at radius 1 is 1.21 bits per heavy atom. The zero-order chi connectivity index (χ0) is 14.0. The molecule has 0 aliphatic rings. The van der Waals surface area contributed by atoms with Crippen LogP contribution in [0, 0.1) is 12.7 Å². The third-order valence-electron chi connectivity index (χ3n) is 2.85. The van der Waals surface area contributed by atoms with Gasteiger partial charge in [-0.2, -0.15) is 0 Å². The number of hydrogen-bond donors (Lipinski definition) is 0. The molecule has 2 aromatic carbocycles. The molecule has 0 aliphatic heterocycles. The van der Waals surface area contributed by atoms with E-state index in [9.17, 15) is 9.18 Å². The molecule has 2 rings (SSSR count). The van der Waals surface area contributed by atoms with Crippen LogP contribution in [0.15, 0.2) is 36.4 Å². The van der Waals surface area contributed by atoms with Gasteiger partial charge in [-0.3, -0.25) is 4.79 Å². The second-order valence-corrected chi connectivity index (χ2v) is 4.54. The number of methoxy groups -OCH3 is 1. The van der Waals surface area contributed by atoms with Crippen LogP contribution in [-0.2, 0) is 0 Å². The summed E-state index contributed by atoms with van der Waals surface area (Å²) in [7, 11) is 1.48. The fraction of sp³-hybridized carbons (Fsp3) is 0.133. The van der Waals surface area contributed by atoms with Crippen LogP contribution in [0.1, 0.15) is 21.5 Å². The van der Waals surface area contributed by atoms with Gasteiger partial charge in [0.05, 0.1) is 12.1 Å². The second kappa shape index (κ2) is 5.41. The topological polar surface area (TPSA) is 26.3 Å². The number of carbonyl (C=O) groups is 1. The van der Waals surface area contributed by atoms with Crippen molar-refractivity contribution in [1.29, 1.82) is 0 Å². The van der Waals surface area contributed by atoms with Crippen LogP contribution in [0.25, 0.3) is 0 Å². The van der Waals surface area contributed by atoms with Gasteiger partial charge in [0.1, 0.15) is 11.6 Å². The van der Waals surface area contributed by atoms with E-state index in [0.717, 1.165) is 0 Å². The number of rotatable bonds is 3. The maximum absolute atomic E-state index is 13.0. The van der Waals surface area contributed by atoms with Crippen molar-refractivity contribution < 1.29 is 13.9 Å². The number of hydrogen-bond acceptors (Lipinski definition) is 2. The number of ketones is 1. The fourth-order valence-corrected chi connectivity index (χ4v) is 2.03. The lowest BCUT2D eigenvalue weighted by molar-refractivity contribution is 0.103. The van der Waals surface area contributed by atoms with E-state index in [4.69, 9.17) is 16.3 Å². The van der Waals surface area contributed by atoms with E-state index in [1.807, 2.05) is 0 Å². The van der Waals surface area contributed by atoms with Gasteiger partial charge in [-0.25, -0.2) is 4.39 Å². The molecule has 4 heteroatoms. The number of aryl methyl sites for hydroxylation is 1. The summed E-state index contributed by atoms with van der Waals surface area (Å²) in [5, 5.41) is 0.440. The summed E-state index contributed by atoms with van der Waals surface area (Å²) in [4.78, 5) is 12.3. The third kappa shape index (κ3) is 2.76. The first-order chi connectivity index (χ1) is 9.02. The van der Waals surface area contributed by atoms with Gasteiger partial charge in [0.2, 0.25) is 0 Å². The first kappa shape index (κ1) is 13.6. The Kier molecular flexibility index (Phi) is 3.86. The molecule has 0 saturated carbocycles. The Morgan fingerprint density at radius 2 is 1.95 bits per heavy atom. The predicted molar refractivity (Wildman–Crippen MR) is 72.6 cm³/mol. The van der Waals surface area contributed by atoms with Gasteiger partial charge >= 0.3 is 0 Å². The maximum atomic E-state index is 13.0. The molecule has 2 nitrogen and oxygen atoms in total. The number of carbonyl (C=O) groups excluding carboxylic acids is 1. The van der Waals surface area contributed by atoms with Crippen molar-refractivity contribution in [1.82, 2.24) is 0 Å².